The second-order valence-corrected chi connectivity index (χ2v) is 8.73. The summed E-state index contributed by atoms with van der Waals surface area (Å²) in [5.41, 5.74) is 1.31. The average Bonchev–Trinajstić information content (AvgIpc) is 3.54. The number of anilines is 2. The fourth-order valence-electron chi connectivity index (χ4n) is 4.33. The largest absolute Gasteiger partial charge is 0.420 e. The Morgan fingerprint density at radius 2 is 1.86 bits per heavy atom. The molecule has 1 fully saturated rings. The minimum atomic E-state index is -4.72. The smallest absolute Gasteiger partial charge is 0.408 e. The van der Waals surface area contributed by atoms with Crippen molar-refractivity contribution in [1.29, 1.82) is 0 Å². The molecule has 0 bridgehead atoms. The quantitative estimate of drug-likeness (QED) is 0.518. The Balaban J connectivity index is 1.53. The van der Waals surface area contributed by atoms with E-state index in [1.54, 1.807) is 30.2 Å². The molecule has 1 atom stereocenters. The Hall–Kier alpha value is -3.89. The van der Waals surface area contributed by atoms with Crippen molar-refractivity contribution in [2.24, 2.45) is 0 Å². The lowest BCUT2D eigenvalue weighted by atomic mass is 10.0. The summed E-state index contributed by atoms with van der Waals surface area (Å²) < 4.78 is 47.3. The maximum Gasteiger partial charge on any atom is 0.420 e. The highest BCUT2D eigenvalue weighted by molar-refractivity contribution is 6.03. The van der Waals surface area contributed by atoms with Gasteiger partial charge in [0.1, 0.15) is 5.56 Å². The van der Waals surface area contributed by atoms with Crippen molar-refractivity contribution in [3.63, 3.8) is 0 Å². The third-order valence-electron chi connectivity index (χ3n) is 6.12. The topological polar surface area (TPSA) is 80.6 Å². The number of halogens is 3. The molecule has 1 aliphatic heterocycles. The predicted octanol–water partition coefficient (Wildman–Crippen LogP) is 5.06. The summed E-state index contributed by atoms with van der Waals surface area (Å²) >= 11 is 0. The molecular formula is C24H22F3N5O3. The highest BCUT2D eigenvalue weighted by Gasteiger charge is 2.38. The summed E-state index contributed by atoms with van der Waals surface area (Å²) in [7, 11) is 0. The molecule has 11 heteroatoms. The first-order valence-electron chi connectivity index (χ1n) is 11.1. The Morgan fingerprint density at radius 1 is 1.09 bits per heavy atom. The molecule has 5 rings (SSSR count). The van der Waals surface area contributed by atoms with Crippen LogP contribution >= 0.6 is 0 Å². The van der Waals surface area contributed by atoms with Gasteiger partial charge in [0, 0.05) is 31.4 Å². The van der Waals surface area contributed by atoms with Gasteiger partial charge in [-0.25, -0.2) is 4.79 Å². The highest BCUT2D eigenvalue weighted by atomic mass is 19.4. The molecule has 1 aromatic carbocycles. The molecule has 2 aliphatic rings. The van der Waals surface area contributed by atoms with E-state index in [-0.39, 0.29) is 12.5 Å². The van der Waals surface area contributed by atoms with Crippen LogP contribution in [0.3, 0.4) is 0 Å². The van der Waals surface area contributed by atoms with Gasteiger partial charge in [-0.05, 0) is 43.5 Å². The standard InChI is InChI=1S/C24H22F3N5O3/c1-14-12-30(23(34)35-22-11-28-8-7-19(22)24(25,26)27)21-9-16(3-6-20(21)32(14)15(2)33)17-10-29-31(13-17)18-4-5-18/h3,6-11,13-14,18H,4-5,12H2,1-2H3/t14-/m0/s1. The fraction of sp³-hybridized carbons (Fsp3) is 0.333. The first-order chi connectivity index (χ1) is 16.6. The van der Waals surface area contributed by atoms with Crippen LogP contribution in [-0.2, 0) is 11.0 Å². The number of aromatic nitrogens is 3. The number of alkyl halides is 3. The van der Waals surface area contributed by atoms with Gasteiger partial charge in [-0.2, -0.15) is 18.3 Å². The Morgan fingerprint density at radius 3 is 2.54 bits per heavy atom. The van der Waals surface area contributed by atoms with E-state index in [1.807, 2.05) is 16.9 Å². The fourth-order valence-corrected chi connectivity index (χ4v) is 4.33. The van der Waals surface area contributed by atoms with Crippen molar-refractivity contribution in [3.8, 4) is 16.9 Å². The van der Waals surface area contributed by atoms with E-state index in [0.29, 0.717) is 17.4 Å². The normalized spacial score (nSPS) is 17.8. The summed E-state index contributed by atoms with van der Waals surface area (Å²) in [4.78, 5) is 32.0. The molecule has 2 amide bonds. The van der Waals surface area contributed by atoms with Crippen LogP contribution in [-0.4, -0.2) is 39.4 Å². The third-order valence-corrected chi connectivity index (χ3v) is 6.12. The summed E-state index contributed by atoms with van der Waals surface area (Å²) in [6.07, 6.45) is 1.92. The Labute approximate surface area is 198 Å². The van der Waals surface area contributed by atoms with E-state index in [0.717, 1.165) is 42.4 Å². The van der Waals surface area contributed by atoms with Gasteiger partial charge in [-0.15, -0.1) is 0 Å². The first-order valence-corrected chi connectivity index (χ1v) is 11.1. The summed E-state index contributed by atoms with van der Waals surface area (Å²) in [6.45, 7) is 3.22. The third kappa shape index (κ3) is 4.33. The molecule has 2 aromatic heterocycles. The molecule has 3 heterocycles. The molecule has 0 saturated heterocycles. The number of benzene rings is 1. The van der Waals surface area contributed by atoms with Crippen LogP contribution in [0.25, 0.3) is 11.1 Å². The molecule has 0 unspecified atom stereocenters. The van der Waals surface area contributed by atoms with E-state index in [9.17, 15) is 22.8 Å². The highest BCUT2D eigenvalue weighted by Crippen LogP contribution is 2.41. The minimum absolute atomic E-state index is 0.0395. The van der Waals surface area contributed by atoms with Gasteiger partial charge >= 0.3 is 12.3 Å². The monoisotopic (exact) mass is 485 g/mol. The van der Waals surface area contributed by atoms with Crippen LogP contribution in [0, 0.1) is 0 Å². The van der Waals surface area contributed by atoms with Crippen LogP contribution < -0.4 is 14.5 Å². The lowest BCUT2D eigenvalue weighted by molar-refractivity contribution is -0.138. The van der Waals surface area contributed by atoms with Crippen LogP contribution in [0.5, 0.6) is 5.75 Å². The zero-order valence-corrected chi connectivity index (χ0v) is 19.0. The van der Waals surface area contributed by atoms with Gasteiger partial charge in [-0.3, -0.25) is 19.4 Å². The van der Waals surface area contributed by atoms with Crippen LogP contribution in [0.2, 0.25) is 0 Å². The lowest BCUT2D eigenvalue weighted by Crippen LogP contribution is -2.52. The number of carbonyl (C=O) groups excluding carboxylic acids is 2. The molecule has 0 radical (unpaired) electrons. The number of hydrogen-bond acceptors (Lipinski definition) is 5. The zero-order chi connectivity index (χ0) is 24.9. The van der Waals surface area contributed by atoms with Gasteiger partial charge in [0.25, 0.3) is 0 Å². The molecule has 1 aliphatic carbocycles. The lowest BCUT2D eigenvalue weighted by Gasteiger charge is -2.40. The zero-order valence-electron chi connectivity index (χ0n) is 19.0. The van der Waals surface area contributed by atoms with Crippen LogP contribution in [0.1, 0.15) is 38.3 Å². The van der Waals surface area contributed by atoms with Crippen molar-refractivity contribution >= 4 is 23.4 Å². The number of fused-ring (bicyclic) bond motifs is 1. The van der Waals surface area contributed by atoms with Gasteiger partial charge in [0.2, 0.25) is 5.91 Å². The van der Waals surface area contributed by atoms with E-state index < -0.39 is 29.6 Å². The van der Waals surface area contributed by atoms with Gasteiger partial charge in [0.15, 0.2) is 5.75 Å². The number of pyridine rings is 1. The number of amides is 2. The number of rotatable bonds is 3. The maximum absolute atomic E-state index is 13.4. The molecule has 182 valence electrons. The number of nitrogens with zero attached hydrogens (tertiary/aromatic N) is 5. The molecule has 8 nitrogen and oxygen atoms in total. The van der Waals surface area contributed by atoms with Gasteiger partial charge < -0.3 is 9.64 Å². The van der Waals surface area contributed by atoms with Crippen LogP contribution in [0.15, 0.2) is 49.1 Å². The van der Waals surface area contributed by atoms with Crippen molar-refractivity contribution in [3.05, 3.63) is 54.6 Å². The molecule has 0 spiro atoms. The number of hydrogen-bond donors (Lipinski definition) is 0. The van der Waals surface area contributed by atoms with Gasteiger partial charge in [0.05, 0.1) is 35.9 Å². The molecule has 3 aromatic rings. The summed E-state index contributed by atoms with van der Waals surface area (Å²) in [5.74, 6) is -0.900. The Kier molecular flexibility index (Phi) is 5.49. The van der Waals surface area contributed by atoms with E-state index in [2.05, 4.69) is 10.1 Å². The Bertz CT molecular complexity index is 1300. The number of carbonyl (C=O) groups is 2. The summed E-state index contributed by atoms with van der Waals surface area (Å²) in [6, 6.07) is 5.99. The minimum Gasteiger partial charge on any atom is -0.408 e. The number of ether oxygens (including phenoxy) is 1. The molecular weight excluding hydrogens is 463 g/mol. The molecule has 1 saturated carbocycles. The SMILES string of the molecule is CC(=O)N1c2ccc(-c3cnn(C4CC4)c3)cc2N(C(=O)Oc2cnccc2C(F)(F)F)C[C@@H]1C. The predicted molar refractivity (Wildman–Crippen MR) is 121 cm³/mol. The van der Waals surface area contributed by atoms with Crippen molar-refractivity contribution < 1.29 is 27.5 Å². The van der Waals surface area contributed by atoms with Crippen molar-refractivity contribution in [2.75, 3.05) is 16.3 Å². The average molecular weight is 485 g/mol. The second kappa shape index (κ2) is 8.40. The van der Waals surface area contributed by atoms with Crippen LogP contribution in [0.4, 0.5) is 29.3 Å². The van der Waals surface area contributed by atoms with E-state index >= 15 is 0 Å². The van der Waals surface area contributed by atoms with E-state index in [4.69, 9.17) is 4.74 Å². The van der Waals surface area contributed by atoms with Gasteiger partial charge in [-0.1, -0.05) is 6.07 Å². The van der Waals surface area contributed by atoms with E-state index in [1.165, 1.54) is 11.8 Å². The maximum atomic E-state index is 13.4. The molecule has 0 N–H and O–H groups in total. The first kappa shape index (κ1) is 22.9. The second-order valence-electron chi connectivity index (χ2n) is 8.73. The van der Waals surface area contributed by atoms with Crippen molar-refractivity contribution in [1.82, 2.24) is 14.8 Å². The molecule has 35 heavy (non-hydrogen) atoms. The van der Waals surface area contributed by atoms with Crippen molar-refractivity contribution in [2.45, 2.75) is 44.9 Å². The summed E-state index contributed by atoms with van der Waals surface area (Å²) in [5, 5.41) is 4.40.